The molecule has 0 bridgehead atoms. The van der Waals surface area contributed by atoms with E-state index in [0.29, 0.717) is 35.3 Å². The van der Waals surface area contributed by atoms with E-state index in [1.165, 1.54) is 0 Å². The minimum absolute atomic E-state index is 0.281. The predicted octanol–water partition coefficient (Wildman–Crippen LogP) is 5.11. The van der Waals surface area contributed by atoms with Gasteiger partial charge in [-0.1, -0.05) is 12.1 Å². The molecule has 0 aliphatic carbocycles. The average molecular weight is 496 g/mol. The zero-order valence-electron chi connectivity index (χ0n) is 20.4. The fourth-order valence-corrected chi connectivity index (χ4v) is 3.85. The molecule has 2 heterocycles. The van der Waals surface area contributed by atoms with Crippen LogP contribution in [0.4, 0.5) is 13.2 Å². The summed E-state index contributed by atoms with van der Waals surface area (Å²) in [5, 5.41) is 3.28. The molecule has 0 spiro atoms. The molecule has 0 fully saturated rings. The predicted molar refractivity (Wildman–Crippen MR) is 135 cm³/mol. The maximum atomic E-state index is 13.1. The Morgan fingerprint density at radius 2 is 1.97 bits per heavy atom. The van der Waals surface area contributed by atoms with Crippen LogP contribution < -0.4 is 11.1 Å². The number of aliphatic imine (C=N–C) groups is 1. The fraction of sp³-hybridized carbons (Fsp3) is 0.259. The number of halogens is 3. The third-order valence-electron chi connectivity index (χ3n) is 5.80. The van der Waals surface area contributed by atoms with Crippen molar-refractivity contribution >= 4 is 23.5 Å². The van der Waals surface area contributed by atoms with Crippen LogP contribution in [0.25, 0.3) is 10.9 Å². The second kappa shape index (κ2) is 11.3. The van der Waals surface area contributed by atoms with Crippen LogP contribution in [0.15, 0.2) is 64.9 Å². The van der Waals surface area contributed by atoms with Crippen LogP contribution in [0, 0.1) is 13.8 Å². The second-order valence-electron chi connectivity index (χ2n) is 8.34. The highest BCUT2D eigenvalue weighted by atomic mass is 19.4. The second-order valence-corrected chi connectivity index (χ2v) is 8.34. The summed E-state index contributed by atoms with van der Waals surface area (Å²) >= 11 is 0. The Labute approximate surface area is 207 Å². The molecule has 0 saturated carbocycles. The number of nitrogens with one attached hydrogen (secondary N) is 1. The Bertz CT molecular complexity index is 1340. The summed E-state index contributed by atoms with van der Waals surface area (Å²) in [5.74, 6) is -0.294. The highest BCUT2D eigenvalue weighted by Crippen LogP contribution is 2.31. The molecule has 3 rings (SSSR count). The van der Waals surface area contributed by atoms with E-state index in [1.54, 1.807) is 37.3 Å². The molecular weight excluding hydrogens is 467 g/mol. The van der Waals surface area contributed by atoms with Gasteiger partial charge in [-0.3, -0.25) is 19.8 Å². The average Bonchev–Trinajstić information content (AvgIpc) is 2.84. The van der Waals surface area contributed by atoms with Crippen LogP contribution in [-0.2, 0) is 30.5 Å². The molecule has 6 nitrogen and oxygen atoms in total. The number of carbonyl (C=O) groups excluding carboxylic acids is 1. The van der Waals surface area contributed by atoms with Crippen molar-refractivity contribution in [3.05, 3.63) is 93.6 Å². The molecule has 9 heteroatoms. The molecule has 0 radical (unpaired) electrons. The third kappa shape index (κ3) is 6.42. The van der Waals surface area contributed by atoms with Gasteiger partial charge in [-0.25, -0.2) is 0 Å². The Morgan fingerprint density at radius 1 is 1.22 bits per heavy atom. The molecule has 3 aromatic rings. The zero-order chi connectivity index (χ0) is 26.5. The number of aryl methyl sites for hydroxylation is 2. The number of carbonyl (C=O) groups is 1. The molecule has 1 amide bonds. The summed E-state index contributed by atoms with van der Waals surface area (Å²) in [7, 11) is 0. The first-order valence-electron chi connectivity index (χ1n) is 11.3. The molecule has 1 aromatic carbocycles. The summed E-state index contributed by atoms with van der Waals surface area (Å²) < 4.78 is 39.2. The van der Waals surface area contributed by atoms with E-state index in [9.17, 15) is 18.0 Å². The maximum Gasteiger partial charge on any atom is 0.417 e. The van der Waals surface area contributed by atoms with Crippen molar-refractivity contribution in [1.29, 1.82) is 0 Å². The van der Waals surface area contributed by atoms with Gasteiger partial charge in [-0.2, -0.15) is 13.2 Å². The van der Waals surface area contributed by atoms with Crippen molar-refractivity contribution in [3.8, 4) is 0 Å². The molecule has 36 heavy (non-hydrogen) atoms. The fourth-order valence-electron chi connectivity index (χ4n) is 3.85. The van der Waals surface area contributed by atoms with Crippen LogP contribution in [0.3, 0.4) is 0 Å². The molecule has 2 aromatic heterocycles. The van der Waals surface area contributed by atoms with E-state index in [-0.39, 0.29) is 12.3 Å². The van der Waals surface area contributed by atoms with Crippen LogP contribution in [0.2, 0.25) is 0 Å². The number of benzene rings is 1. The Hall–Kier alpha value is -3.85. The van der Waals surface area contributed by atoms with Gasteiger partial charge in [-0.15, -0.1) is 0 Å². The Kier molecular flexibility index (Phi) is 8.37. The lowest BCUT2D eigenvalue weighted by atomic mass is 10.0. The van der Waals surface area contributed by atoms with E-state index >= 15 is 0 Å². The van der Waals surface area contributed by atoms with Gasteiger partial charge in [0.1, 0.15) is 0 Å². The SMILES string of the molecule is C=N/C(=C\C(=C/C)C(=O)NCc1c(C)cc(CN)nc1C)Cc1ccc2ncc(C(F)(F)F)cc2c1. The van der Waals surface area contributed by atoms with E-state index in [2.05, 4.69) is 27.0 Å². The standard InChI is InChI=1S/C27H28F3N5O/c1-5-19(26(36)34-15-24-16(2)8-23(13-31)35-17(24)3)12-22(32-4)10-18-6-7-25-20(9-18)11-21(14-33-25)27(28,29)30/h5-9,11-12,14H,4,10,13,15,31H2,1-3H3,(H,34,36)/b19-5+,22-12-. The number of hydrogen-bond acceptors (Lipinski definition) is 5. The number of aromatic nitrogens is 2. The quantitative estimate of drug-likeness (QED) is 0.258. The highest BCUT2D eigenvalue weighted by Gasteiger charge is 2.31. The lowest BCUT2D eigenvalue weighted by molar-refractivity contribution is -0.137. The highest BCUT2D eigenvalue weighted by molar-refractivity contribution is 5.96. The largest absolute Gasteiger partial charge is 0.417 e. The molecule has 0 saturated heterocycles. The van der Waals surface area contributed by atoms with Crippen molar-refractivity contribution in [3.63, 3.8) is 0 Å². The van der Waals surface area contributed by atoms with Gasteiger partial charge in [-0.05, 0) is 74.5 Å². The lowest BCUT2D eigenvalue weighted by Gasteiger charge is -2.13. The number of hydrogen-bond donors (Lipinski definition) is 2. The van der Waals surface area contributed by atoms with Crippen LogP contribution in [0.5, 0.6) is 0 Å². The molecule has 0 unspecified atom stereocenters. The zero-order valence-corrected chi connectivity index (χ0v) is 20.4. The molecule has 0 aliphatic rings. The molecular formula is C27H28F3N5O. The van der Waals surface area contributed by atoms with E-state index in [4.69, 9.17) is 5.73 Å². The van der Waals surface area contributed by atoms with Crippen LogP contribution in [0.1, 0.15) is 40.6 Å². The normalized spacial score (nSPS) is 12.6. The number of nitrogens with two attached hydrogens (primary N) is 1. The number of fused-ring (bicyclic) bond motifs is 1. The minimum atomic E-state index is -4.47. The first kappa shape index (κ1) is 26.7. The number of alkyl halides is 3. The number of allylic oxidation sites excluding steroid dienone is 2. The van der Waals surface area contributed by atoms with Gasteiger partial charge in [0.05, 0.1) is 16.8 Å². The first-order chi connectivity index (χ1) is 17.0. The van der Waals surface area contributed by atoms with Crippen molar-refractivity contribution < 1.29 is 18.0 Å². The van der Waals surface area contributed by atoms with Crippen molar-refractivity contribution in [2.45, 2.75) is 46.5 Å². The smallest absolute Gasteiger partial charge is 0.348 e. The number of pyridine rings is 2. The molecule has 0 atom stereocenters. The summed E-state index contributed by atoms with van der Waals surface area (Å²) in [6, 6.07) is 8.03. The Balaban J connectivity index is 1.77. The number of nitrogens with zero attached hydrogens (tertiary/aromatic N) is 3. The summed E-state index contributed by atoms with van der Waals surface area (Å²) in [6.07, 6.45) is -0.0920. The number of amides is 1. The van der Waals surface area contributed by atoms with Gasteiger partial charge < -0.3 is 11.1 Å². The van der Waals surface area contributed by atoms with Gasteiger partial charge in [0.2, 0.25) is 0 Å². The number of rotatable bonds is 8. The van der Waals surface area contributed by atoms with E-state index < -0.39 is 11.7 Å². The summed E-state index contributed by atoms with van der Waals surface area (Å²) in [6.45, 7) is 9.79. The van der Waals surface area contributed by atoms with Crippen molar-refractivity contribution in [2.24, 2.45) is 10.7 Å². The summed E-state index contributed by atoms with van der Waals surface area (Å²) in [5.41, 5.74) is 10.4. The van der Waals surface area contributed by atoms with Crippen LogP contribution in [-0.4, -0.2) is 22.6 Å². The Morgan fingerprint density at radius 3 is 2.58 bits per heavy atom. The van der Waals surface area contributed by atoms with Crippen LogP contribution >= 0.6 is 0 Å². The minimum Gasteiger partial charge on any atom is -0.348 e. The monoisotopic (exact) mass is 495 g/mol. The van der Waals surface area contributed by atoms with Gasteiger partial charge in [0.15, 0.2) is 0 Å². The van der Waals surface area contributed by atoms with Crippen molar-refractivity contribution in [1.82, 2.24) is 15.3 Å². The first-order valence-corrected chi connectivity index (χ1v) is 11.3. The molecule has 3 N–H and O–H groups in total. The maximum absolute atomic E-state index is 13.1. The van der Waals surface area contributed by atoms with Gasteiger partial charge in [0.25, 0.3) is 5.91 Å². The van der Waals surface area contributed by atoms with Crippen molar-refractivity contribution in [2.75, 3.05) is 0 Å². The topological polar surface area (TPSA) is 93.3 Å². The summed E-state index contributed by atoms with van der Waals surface area (Å²) in [4.78, 5) is 25.2. The third-order valence-corrected chi connectivity index (χ3v) is 5.80. The van der Waals surface area contributed by atoms with Gasteiger partial charge in [0, 0.05) is 48.1 Å². The molecule has 188 valence electrons. The van der Waals surface area contributed by atoms with Gasteiger partial charge >= 0.3 is 6.18 Å². The molecule has 0 aliphatic heterocycles. The lowest BCUT2D eigenvalue weighted by Crippen LogP contribution is -2.25. The van der Waals surface area contributed by atoms with E-state index in [1.807, 2.05) is 19.9 Å². The van der Waals surface area contributed by atoms with E-state index in [0.717, 1.165) is 40.3 Å².